The van der Waals surface area contributed by atoms with E-state index in [0.717, 1.165) is 36.7 Å². The van der Waals surface area contributed by atoms with Gasteiger partial charge in [-0.1, -0.05) is 0 Å². The molecule has 1 atom stereocenters. The van der Waals surface area contributed by atoms with Crippen LogP contribution < -0.4 is 10.2 Å². The van der Waals surface area contributed by atoms with Gasteiger partial charge in [-0.15, -0.1) is 0 Å². The lowest BCUT2D eigenvalue weighted by Crippen LogP contribution is -2.52. The fraction of sp³-hybridized carbons (Fsp3) is 0.435. The predicted octanol–water partition coefficient (Wildman–Crippen LogP) is 1.01. The number of rotatable bonds is 4. The molecule has 2 aromatic rings. The molecular formula is C23H25FN6O3. The summed E-state index contributed by atoms with van der Waals surface area (Å²) in [6.07, 6.45) is 2.23. The largest absolute Gasteiger partial charge is 0.369 e. The lowest BCUT2D eigenvalue weighted by molar-refractivity contribution is -0.136. The number of piperazine rings is 1. The van der Waals surface area contributed by atoms with Crippen LogP contribution in [0.4, 0.5) is 10.1 Å². The van der Waals surface area contributed by atoms with E-state index in [1.54, 1.807) is 6.20 Å². The zero-order valence-electron chi connectivity index (χ0n) is 18.4. The summed E-state index contributed by atoms with van der Waals surface area (Å²) in [5.41, 5.74) is 2.71. The third-order valence-electron chi connectivity index (χ3n) is 6.53. The second-order valence-electron chi connectivity index (χ2n) is 8.71. The molecule has 5 rings (SSSR count). The summed E-state index contributed by atoms with van der Waals surface area (Å²) in [5, 5.41) is 2.30. The van der Waals surface area contributed by atoms with Crippen LogP contribution in [0.5, 0.6) is 0 Å². The molecule has 9 nitrogen and oxygen atoms in total. The summed E-state index contributed by atoms with van der Waals surface area (Å²) in [6, 6.07) is 3.92. The van der Waals surface area contributed by atoms with Crippen molar-refractivity contribution in [3.05, 3.63) is 52.9 Å². The molecule has 1 aromatic heterocycles. The van der Waals surface area contributed by atoms with E-state index >= 15 is 0 Å². The number of fused-ring (bicyclic) bond motifs is 1. The fourth-order valence-corrected chi connectivity index (χ4v) is 4.86. The Morgan fingerprint density at radius 2 is 1.94 bits per heavy atom. The van der Waals surface area contributed by atoms with E-state index in [9.17, 15) is 18.8 Å². The molecule has 1 aromatic carbocycles. The van der Waals surface area contributed by atoms with Gasteiger partial charge < -0.3 is 9.80 Å². The molecular weight excluding hydrogens is 427 g/mol. The number of halogens is 1. The van der Waals surface area contributed by atoms with Crippen molar-refractivity contribution in [3.8, 4) is 0 Å². The number of hydrogen-bond acceptors (Lipinski definition) is 7. The number of piperidine rings is 1. The van der Waals surface area contributed by atoms with Gasteiger partial charge in [0, 0.05) is 68.7 Å². The maximum Gasteiger partial charge on any atom is 0.255 e. The van der Waals surface area contributed by atoms with Crippen molar-refractivity contribution in [2.45, 2.75) is 38.9 Å². The smallest absolute Gasteiger partial charge is 0.255 e. The predicted molar refractivity (Wildman–Crippen MR) is 117 cm³/mol. The third-order valence-corrected chi connectivity index (χ3v) is 6.53. The van der Waals surface area contributed by atoms with E-state index in [1.165, 1.54) is 17.0 Å². The molecule has 2 fully saturated rings. The Kier molecular flexibility index (Phi) is 5.53. The monoisotopic (exact) mass is 452 g/mol. The molecule has 2 saturated heterocycles. The van der Waals surface area contributed by atoms with Gasteiger partial charge in [-0.3, -0.25) is 24.6 Å². The van der Waals surface area contributed by atoms with E-state index < -0.39 is 17.8 Å². The zero-order valence-corrected chi connectivity index (χ0v) is 18.4. The van der Waals surface area contributed by atoms with Crippen molar-refractivity contribution in [1.29, 1.82) is 0 Å². The van der Waals surface area contributed by atoms with Gasteiger partial charge in [-0.2, -0.15) is 0 Å². The van der Waals surface area contributed by atoms with Gasteiger partial charge in [0.05, 0.1) is 5.69 Å². The van der Waals surface area contributed by atoms with Crippen LogP contribution >= 0.6 is 0 Å². The number of aromatic nitrogens is 2. The Hall–Kier alpha value is -3.40. The molecule has 3 aliphatic heterocycles. The Balaban J connectivity index is 1.31. The third kappa shape index (κ3) is 4.18. The molecule has 33 heavy (non-hydrogen) atoms. The Labute approximate surface area is 190 Å². The second-order valence-corrected chi connectivity index (χ2v) is 8.71. The van der Waals surface area contributed by atoms with Crippen LogP contribution in [-0.2, 0) is 22.7 Å². The van der Waals surface area contributed by atoms with Crippen molar-refractivity contribution in [1.82, 2.24) is 25.1 Å². The highest BCUT2D eigenvalue weighted by atomic mass is 19.1. The zero-order chi connectivity index (χ0) is 23.1. The fourth-order valence-electron chi connectivity index (χ4n) is 4.86. The van der Waals surface area contributed by atoms with E-state index in [0.29, 0.717) is 24.3 Å². The number of carbonyl (C=O) groups is 3. The molecule has 4 heterocycles. The van der Waals surface area contributed by atoms with Crippen LogP contribution in [0.15, 0.2) is 24.4 Å². The van der Waals surface area contributed by atoms with Crippen LogP contribution in [0.2, 0.25) is 0 Å². The highest BCUT2D eigenvalue weighted by Gasteiger charge is 2.41. The van der Waals surface area contributed by atoms with E-state index in [1.807, 2.05) is 13.0 Å². The minimum atomic E-state index is -0.716. The number of hydrogen-bond donors (Lipinski definition) is 1. The Morgan fingerprint density at radius 3 is 2.67 bits per heavy atom. The van der Waals surface area contributed by atoms with Crippen LogP contribution in [0.3, 0.4) is 0 Å². The summed E-state index contributed by atoms with van der Waals surface area (Å²) in [6.45, 7) is 5.75. The first kappa shape index (κ1) is 21.4. The number of carbonyl (C=O) groups excluding carboxylic acids is 3. The highest BCUT2D eigenvalue weighted by molar-refractivity contribution is 6.06. The standard InChI is InChI=1S/C23H25FN6O3/c1-14-25-5-4-16(26-14)12-28-6-8-29(9-7-28)20-11-15(24)10-17-18(20)13-30(23(17)33)19-2-3-21(31)27-22(19)32/h4-5,10-11,19H,2-3,6-9,12-13H2,1H3,(H,27,31,32). The molecule has 0 aliphatic carbocycles. The summed E-state index contributed by atoms with van der Waals surface area (Å²) in [7, 11) is 0. The molecule has 0 saturated carbocycles. The number of benzene rings is 1. The first-order valence-electron chi connectivity index (χ1n) is 11.1. The van der Waals surface area contributed by atoms with Gasteiger partial charge in [0.25, 0.3) is 5.91 Å². The number of nitrogens with one attached hydrogen (secondary N) is 1. The quantitative estimate of drug-likeness (QED) is 0.692. The normalized spacial score (nSPS) is 21.4. The Bertz CT molecular complexity index is 1130. The number of aryl methyl sites for hydroxylation is 1. The maximum atomic E-state index is 14.5. The van der Waals surface area contributed by atoms with Crippen LogP contribution in [0.1, 0.15) is 40.3 Å². The number of amides is 3. The lowest BCUT2D eigenvalue weighted by atomic mass is 10.0. The maximum absolute atomic E-state index is 14.5. The number of anilines is 1. The number of imide groups is 1. The average molecular weight is 452 g/mol. The summed E-state index contributed by atoms with van der Waals surface area (Å²) in [4.78, 5) is 51.3. The van der Waals surface area contributed by atoms with Gasteiger partial charge in [-0.25, -0.2) is 14.4 Å². The van der Waals surface area contributed by atoms with Crippen molar-refractivity contribution < 1.29 is 18.8 Å². The second kappa shape index (κ2) is 8.51. The van der Waals surface area contributed by atoms with Crippen LogP contribution in [0.25, 0.3) is 0 Å². The van der Waals surface area contributed by atoms with E-state index in [4.69, 9.17) is 0 Å². The molecule has 0 radical (unpaired) electrons. The minimum Gasteiger partial charge on any atom is -0.369 e. The highest BCUT2D eigenvalue weighted by Crippen LogP contribution is 2.35. The molecule has 3 amide bonds. The van der Waals surface area contributed by atoms with E-state index in [2.05, 4.69) is 25.1 Å². The molecule has 1 unspecified atom stereocenters. The first-order valence-corrected chi connectivity index (χ1v) is 11.1. The van der Waals surface area contributed by atoms with Crippen molar-refractivity contribution in [2.75, 3.05) is 31.1 Å². The van der Waals surface area contributed by atoms with Crippen LogP contribution in [0, 0.1) is 12.7 Å². The molecule has 0 spiro atoms. The Morgan fingerprint density at radius 1 is 1.15 bits per heavy atom. The van der Waals surface area contributed by atoms with Gasteiger partial charge in [0.15, 0.2) is 0 Å². The minimum absolute atomic E-state index is 0.186. The summed E-state index contributed by atoms with van der Waals surface area (Å²) in [5.74, 6) is -0.893. The molecule has 0 bridgehead atoms. The van der Waals surface area contributed by atoms with Crippen molar-refractivity contribution >= 4 is 23.4 Å². The topological polar surface area (TPSA) is 98.7 Å². The summed E-state index contributed by atoms with van der Waals surface area (Å²) >= 11 is 0. The van der Waals surface area contributed by atoms with Gasteiger partial charge in [-0.05, 0) is 31.5 Å². The first-order chi connectivity index (χ1) is 15.9. The number of nitrogens with zero attached hydrogens (tertiary/aromatic N) is 5. The van der Waals surface area contributed by atoms with Gasteiger partial charge in [0.2, 0.25) is 11.8 Å². The van der Waals surface area contributed by atoms with Crippen molar-refractivity contribution in [3.63, 3.8) is 0 Å². The van der Waals surface area contributed by atoms with Crippen LogP contribution in [-0.4, -0.2) is 69.7 Å². The SMILES string of the molecule is Cc1nccc(CN2CCN(c3cc(F)cc4c3CN(C3CCC(=O)NC3=O)C4=O)CC2)n1. The molecule has 3 aliphatic rings. The molecule has 10 heteroatoms. The summed E-state index contributed by atoms with van der Waals surface area (Å²) < 4.78 is 14.5. The average Bonchev–Trinajstić information content (AvgIpc) is 3.10. The van der Waals surface area contributed by atoms with Gasteiger partial charge >= 0.3 is 0 Å². The van der Waals surface area contributed by atoms with E-state index in [-0.39, 0.29) is 31.2 Å². The lowest BCUT2D eigenvalue weighted by Gasteiger charge is -2.37. The molecule has 1 N–H and O–H groups in total. The molecule has 172 valence electrons. The van der Waals surface area contributed by atoms with Gasteiger partial charge in [0.1, 0.15) is 17.7 Å². The van der Waals surface area contributed by atoms with Crippen molar-refractivity contribution in [2.24, 2.45) is 0 Å².